The molecular formula is C19H13ClF5N3O. The number of para-hydroxylation sites is 1. The lowest BCUT2D eigenvalue weighted by molar-refractivity contribution is -0.127. The zero-order valence-electron chi connectivity index (χ0n) is 14.8. The maximum atomic E-state index is 14.4. The molecule has 0 saturated carbocycles. The molecule has 1 N–H and O–H groups in total. The number of hydrogen-bond donors (Lipinski definition) is 1. The minimum absolute atomic E-state index is 0.182. The molecule has 0 bridgehead atoms. The van der Waals surface area contributed by atoms with Crippen molar-refractivity contribution in [3.05, 3.63) is 70.5 Å². The number of hydrogen-bond acceptors (Lipinski definition) is 2. The molecule has 2 aromatic carbocycles. The van der Waals surface area contributed by atoms with Gasteiger partial charge in [-0.2, -0.15) is 18.3 Å². The van der Waals surface area contributed by atoms with Crippen LogP contribution in [0.3, 0.4) is 0 Å². The van der Waals surface area contributed by atoms with Crippen molar-refractivity contribution >= 4 is 23.2 Å². The van der Waals surface area contributed by atoms with E-state index in [9.17, 15) is 26.7 Å². The highest BCUT2D eigenvalue weighted by Crippen LogP contribution is 2.33. The summed E-state index contributed by atoms with van der Waals surface area (Å²) in [5.74, 6) is -2.46. The summed E-state index contributed by atoms with van der Waals surface area (Å²) in [5.41, 5.74) is -0.604. The van der Waals surface area contributed by atoms with Crippen LogP contribution in [0.15, 0.2) is 42.6 Å². The summed E-state index contributed by atoms with van der Waals surface area (Å²) in [4.78, 5) is 12.6. The topological polar surface area (TPSA) is 46.9 Å². The summed E-state index contributed by atoms with van der Waals surface area (Å²) >= 11 is 5.77. The lowest BCUT2D eigenvalue weighted by Gasteiger charge is -2.13. The van der Waals surface area contributed by atoms with E-state index < -0.39 is 35.8 Å². The van der Waals surface area contributed by atoms with Crippen molar-refractivity contribution in [2.24, 2.45) is 7.05 Å². The molecule has 0 saturated heterocycles. The van der Waals surface area contributed by atoms with Gasteiger partial charge in [0.15, 0.2) is 0 Å². The van der Waals surface area contributed by atoms with Crippen LogP contribution >= 0.6 is 11.6 Å². The van der Waals surface area contributed by atoms with Crippen LogP contribution in [-0.2, 0) is 13.5 Å². The average Bonchev–Trinajstić information content (AvgIpc) is 2.97. The summed E-state index contributed by atoms with van der Waals surface area (Å²) < 4.78 is 67.2. The van der Waals surface area contributed by atoms with Gasteiger partial charge >= 0.3 is 6.18 Å². The number of carbonyl (C=O) groups excluding carboxylic acids is 1. The van der Waals surface area contributed by atoms with E-state index in [0.29, 0.717) is 5.56 Å². The fraction of sp³-hybridized carbons (Fsp3) is 0.158. The van der Waals surface area contributed by atoms with Crippen LogP contribution in [-0.4, -0.2) is 21.9 Å². The molecule has 0 aliphatic heterocycles. The third-order valence-corrected chi connectivity index (χ3v) is 4.29. The van der Waals surface area contributed by atoms with Gasteiger partial charge in [0, 0.05) is 18.8 Å². The van der Waals surface area contributed by atoms with Gasteiger partial charge in [-0.3, -0.25) is 9.48 Å². The molecule has 0 fully saturated rings. The van der Waals surface area contributed by atoms with Crippen molar-refractivity contribution in [1.29, 1.82) is 0 Å². The summed E-state index contributed by atoms with van der Waals surface area (Å²) in [5, 5.41) is 5.76. The van der Waals surface area contributed by atoms with Crippen molar-refractivity contribution in [2.75, 3.05) is 5.32 Å². The van der Waals surface area contributed by atoms with Gasteiger partial charge < -0.3 is 5.32 Å². The monoisotopic (exact) mass is 429 g/mol. The Morgan fingerprint density at radius 2 is 1.90 bits per heavy atom. The Balaban J connectivity index is 1.99. The fourth-order valence-electron chi connectivity index (χ4n) is 2.78. The predicted octanol–water partition coefficient (Wildman–Crippen LogP) is 5.38. The Morgan fingerprint density at radius 1 is 1.17 bits per heavy atom. The largest absolute Gasteiger partial charge is 0.394 e. The second kappa shape index (κ2) is 7.82. The molecule has 0 atom stereocenters. The standard InChI is InChI=1S/C19H13ClF5N3O/c1-28-9-12(16(27-28)8-19(23,24)25)18(29)26-17-11(3-2-4-15(17)22)10-5-6-14(21)13(20)7-10/h2-7,9H,8H2,1H3,(H,26,29). The third-order valence-electron chi connectivity index (χ3n) is 4.00. The van der Waals surface area contributed by atoms with Crippen LogP contribution in [0.25, 0.3) is 11.1 Å². The molecule has 1 amide bonds. The highest BCUT2D eigenvalue weighted by atomic mass is 35.5. The van der Waals surface area contributed by atoms with E-state index in [0.717, 1.165) is 23.0 Å². The maximum absolute atomic E-state index is 14.4. The molecule has 0 radical (unpaired) electrons. The van der Waals surface area contributed by atoms with Gasteiger partial charge in [0.25, 0.3) is 5.91 Å². The lowest BCUT2D eigenvalue weighted by atomic mass is 10.0. The maximum Gasteiger partial charge on any atom is 0.394 e. The quantitative estimate of drug-likeness (QED) is 0.566. The number of amides is 1. The molecule has 0 aliphatic rings. The van der Waals surface area contributed by atoms with Crippen molar-refractivity contribution < 1.29 is 26.7 Å². The molecule has 1 aromatic heterocycles. The molecule has 1 heterocycles. The lowest BCUT2D eigenvalue weighted by Crippen LogP contribution is -2.19. The highest BCUT2D eigenvalue weighted by molar-refractivity contribution is 6.31. The number of aryl methyl sites for hydroxylation is 1. The zero-order chi connectivity index (χ0) is 21.3. The third kappa shape index (κ3) is 4.73. The van der Waals surface area contributed by atoms with Crippen LogP contribution < -0.4 is 5.32 Å². The summed E-state index contributed by atoms with van der Waals surface area (Å²) in [6, 6.07) is 7.57. The Morgan fingerprint density at radius 3 is 2.55 bits per heavy atom. The van der Waals surface area contributed by atoms with E-state index in [-0.39, 0.29) is 21.8 Å². The van der Waals surface area contributed by atoms with E-state index >= 15 is 0 Å². The fourth-order valence-corrected chi connectivity index (χ4v) is 2.96. The number of rotatable bonds is 4. The van der Waals surface area contributed by atoms with Crippen LogP contribution in [0.1, 0.15) is 16.1 Å². The minimum Gasteiger partial charge on any atom is -0.319 e. The zero-order valence-corrected chi connectivity index (χ0v) is 15.6. The van der Waals surface area contributed by atoms with Gasteiger partial charge in [0.05, 0.1) is 28.4 Å². The molecule has 3 rings (SSSR count). The SMILES string of the molecule is Cn1cc(C(=O)Nc2c(F)cccc2-c2ccc(F)c(Cl)c2)c(CC(F)(F)F)n1. The number of carbonyl (C=O) groups is 1. The van der Waals surface area contributed by atoms with Gasteiger partial charge in [0.1, 0.15) is 11.6 Å². The van der Waals surface area contributed by atoms with Crippen LogP contribution in [0.4, 0.5) is 27.6 Å². The average molecular weight is 430 g/mol. The molecule has 0 aliphatic carbocycles. The molecule has 0 unspecified atom stereocenters. The highest BCUT2D eigenvalue weighted by Gasteiger charge is 2.32. The molecule has 4 nitrogen and oxygen atoms in total. The van der Waals surface area contributed by atoms with Gasteiger partial charge in [0.2, 0.25) is 0 Å². The molecule has 29 heavy (non-hydrogen) atoms. The van der Waals surface area contributed by atoms with E-state index in [1.807, 2.05) is 0 Å². The minimum atomic E-state index is -4.57. The molecular weight excluding hydrogens is 417 g/mol. The summed E-state index contributed by atoms with van der Waals surface area (Å²) in [6.45, 7) is 0. The van der Waals surface area contributed by atoms with Gasteiger partial charge in [-0.1, -0.05) is 29.8 Å². The number of anilines is 1. The smallest absolute Gasteiger partial charge is 0.319 e. The van der Waals surface area contributed by atoms with E-state index in [1.165, 1.54) is 31.3 Å². The molecule has 10 heteroatoms. The van der Waals surface area contributed by atoms with Gasteiger partial charge in [-0.25, -0.2) is 8.78 Å². The second-order valence-electron chi connectivity index (χ2n) is 6.20. The second-order valence-corrected chi connectivity index (χ2v) is 6.61. The van der Waals surface area contributed by atoms with Crippen molar-refractivity contribution in [1.82, 2.24) is 9.78 Å². The van der Waals surface area contributed by atoms with Crippen LogP contribution in [0.5, 0.6) is 0 Å². The van der Waals surface area contributed by atoms with E-state index in [4.69, 9.17) is 11.6 Å². The van der Waals surface area contributed by atoms with Crippen molar-refractivity contribution in [2.45, 2.75) is 12.6 Å². The Labute approximate surface area is 166 Å². The van der Waals surface area contributed by atoms with Crippen molar-refractivity contribution in [3.8, 4) is 11.1 Å². The number of halogens is 6. The van der Waals surface area contributed by atoms with Crippen LogP contribution in [0.2, 0.25) is 5.02 Å². The molecule has 0 spiro atoms. The normalized spacial score (nSPS) is 11.6. The Bertz CT molecular complexity index is 1080. The van der Waals surface area contributed by atoms with E-state index in [2.05, 4.69) is 10.4 Å². The van der Waals surface area contributed by atoms with E-state index in [1.54, 1.807) is 0 Å². The first-order valence-corrected chi connectivity index (χ1v) is 8.57. The molecule has 3 aromatic rings. The Hall–Kier alpha value is -2.94. The predicted molar refractivity (Wildman–Crippen MR) is 97.7 cm³/mol. The first-order valence-electron chi connectivity index (χ1n) is 8.19. The first kappa shape index (κ1) is 20.8. The molecule has 152 valence electrons. The number of nitrogens with one attached hydrogen (secondary N) is 1. The van der Waals surface area contributed by atoms with Crippen LogP contribution in [0, 0.1) is 11.6 Å². The first-order chi connectivity index (χ1) is 13.5. The number of benzene rings is 2. The number of aromatic nitrogens is 2. The number of alkyl halides is 3. The van der Waals surface area contributed by atoms with Gasteiger partial charge in [-0.05, 0) is 23.8 Å². The summed E-state index contributed by atoms with van der Waals surface area (Å²) in [6.07, 6.45) is -4.86. The Kier molecular flexibility index (Phi) is 5.61. The van der Waals surface area contributed by atoms with Crippen molar-refractivity contribution in [3.63, 3.8) is 0 Å². The van der Waals surface area contributed by atoms with Gasteiger partial charge in [-0.15, -0.1) is 0 Å². The summed E-state index contributed by atoms with van der Waals surface area (Å²) in [7, 11) is 1.37. The number of nitrogens with zero attached hydrogens (tertiary/aromatic N) is 2.